The van der Waals surface area contributed by atoms with Gasteiger partial charge in [0.1, 0.15) is 6.33 Å². The zero-order valence-corrected chi connectivity index (χ0v) is 21.1. The molecule has 0 spiro atoms. The summed E-state index contributed by atoms with van der Waals surface area (Å²) in [6, 6.07) is 20.0. The summed E-state index contributed by atoms with van der Waals surface area (Å²) in [5.74, 6) is 2.22. The zero-order valence-electron chi connectivity index (χ0n) is 21.1. The highest BCUT2D eigenvalue weighted by atomic mass is 16.7. The molecule has 0 atom stereocenters. The number of nitro groups is 1. The van der Waals surface area contributed by atoms with Gasteiger partial charge in [-0.1, -0.05) is 42.5 Å². The first-order chi connectivity index (χ1) is 18.6. The Labute approximate surface area is 220 Å². The fourth-order valence-corrected chi connectivity index (χ4v) is 5.25. The number of piperazine rings is 1. The largest absolute Gasteiger partial charge is 0.454 e. The topological polar surface area (TPSA) is 97.1 Å². The number of ether oxygens (including phenoxy) is 2. The second kappa shape index (κ2) is 10.1. The van der Waals surface area contributed by atoms with Crippen molar-refractivity contribution in [2.24, 2.45) is 0 Å². The molecule has 0 aliphatic carbocycles. The monoisotopic (exact) mass is 512 g/mol. The van der Waals surface area contributed by atoms with Gasteiger partial charge in [-0.15, -0.1) is 0 Å². The molecule has 0 unspecified atom stereocenters. The van der Waals surface area contributed by atoms with E-state index in [1.807, 2.05) is 77.4 Å². The van der Waals surface area contributed by atoms with Crippen molar-refractivity contribution in [2.45, 2.75) is 13.5 Å². The molecule has 194 valence electrons. The number of fused-ring (bicyclic) bond motifs is 2. The van der Waals surface area contributed by atoms with Crippen molar-refractivity contribution in [3.8, 4) is 11.5 Å². The first kappa shape index (κ1) is 23.9. The molecule has 10 nitrogen and oxygen atoms in total. The van der Waals surface area contributed by atoms with Crippen LogP contribution in [-0.4, -0.2) is 59.3 Å². The van der Waals surface area contributed by atoms with Crippen LogP contribution in [0, 0.1) is 10.1 Å². The maximum atomic E-state index is 12.4. The van der Waals surface area contributed by atoms with Crippen LogP contribution in [0.5, 0.6) is 11.5 Å². The molecule has 6 rings (SSSR count). The molecule has 0 saturated carbocycles. The van der Waals surface area contributed by atoms with Gasteiger partial charge in [0.05, 0.1) is 10.6 Å². The minimum Gasteiger partial charge on any atom is -0.454 e. The molecule has 1 aromatic heterocycles. The first-order valence-electron chi connectivity index (χ1n) is 12.7. The molecule has 0 amide bonds. The van der Waals surface area contributed by atoms with Crippen molar-refractivity contribution in [1.29, 1.82) is 0 Å². The Morgan fingerprint density at radius 3 is 2.58 bits per heavy atom. The molecule has 3 heterocycles. The van der Waals surface area contributed by atoms with Crippen LogP contribution in [-0.2, 0) is 6.54 Å². The van der Waals surface area contributed by atoms with E-state index < -0.39 is 0 Å². The summed E-state index contributed by atoms with van der Waals surface area (Å²) in [6.45, 7) is 6.29. The highest BCUT2D eigenvalue weighted by molar-refractivity contribution is 5.96. The van der Waals surface area contributed by atoms with Crippen molar-refractivity contribution >= 4 is 33.8 Å². The van der Waals surface area contributed by atoms with E-state index in [1.54, 1.807) is 0 Å². The van der Waals surface area contributed by atoms with Gasteiger partial charge in [-0.25, -0.2) is 9.97 Å². The van der Waals surface area contributed by atoms with Crippen molar-refractivity contribution in [1.82, 2.24) is 14.9 Å². The minimum atomic E-state index is -0.350. The molecular formula is C28H28N6O4. The average Bonchev–Trinajstić information content (AvgIpc) is 3.42. The quantitative estimate of drug-likeness (QED) is 0.257. The molecule has 10 heteroatoms. The van der Waals surface area contributed by atoms with Gasteiger partial charge in [-0.05, 0) is 36.1 Å². The van der Waals surface area contributed by atoms with Gasteiger partial charge >= 0.3 is 5.69 Å². The molecule has 0 bridgehead atoms. The molecule has 2 aliphatic rings. The lowest BCUT2D eigenvalue weighted by molar-refractivity contribution is -0.383. The lowest BCUT2D eigenvalue weighted by Gasteiger charge is -2.35. The number of anilines is 3. The van der Waals surface area contributed by atoms with Crippen molar-refractivity contribution < 1.29 is 14.4 Å². The second-order valence-electron chi connectivity index (χ2n) is 9.32. The molecule has 4 aromatic rings. The van der Waals surface area contributed by atoms with Gasteiger partial charge in [0.25, 0.3) is 0 Å². The van der Waals surface area contributed by atoms with E-state index in [2.05, 4.69) is 14.9 Å². The Bertz CT molecular complexity index is 1480. The minimum absolute atomic E-state index is 0.0634. The molecule has 0 N–H and O–H groups in total. The van der Waals surface area contributed by atoms with Crippen LogP contribution in [0.2, 0.25) is 0 Å². The molecule has 0 radical (unpaired) electrons. The van der Waals surface area contributed by atoms with Crippen molar-refractivity contribution in [2.75, 3.05) is 49.3 Å². The van der Waals surface area contributed by atoms with Crippen LogP contribution < -0.4 is 19.3 Å². The predicted octanol–water partition coefficient (Wildman–Crippen LogP) is 4.75. The van der Waals surface area contributed by atoms with Gasteiger partial charge in [0.15, 0.2) is 11.5 Å². The van der Waals surface area contributed by atoms with E-state index in [9.17, 15) is 10.1 Å². The Kier molecular flexibility index (Phi) is 6.38. The van der Waals surface area contributed by atoms with Crippen LogP contribution >= 0.6 is 0 Å². The fraction of sp³-hybridized carbons (Fsp3) is 0.286. The molecule has 2 aliphatic heterocycles. The van der Waals surface area contributed by atoms with E-state index >= 15 is 0 Å². The summed E-state index contributed by atoms with van der Waals surface area (Å²) in [6.07, 6.45) is 1.43. The summed E-state index contributed by atoms with van der Waals surface area (Å²) < 4.78 is 10.9. The Morgan fingerprint density at radius 1 is 0.974 bits per heavy atom. The summed E-state index contributed by atoms with van der Waals surface area (Å²) in [7, 11) is 0. The van der Waals surface area contributed by atoms with Crippen molar-refractivity contribution in [3.63, 3.8) is 0 Å². The number of hydrogen-bond acceptors (Lipinski definition) is 9. The number of rotatable bonds is 7. The van der Waals surface area contributed by atoms with Gasteiger partial charge in [0, 0.05) is 44.7 Å². The van der Waals surface area contributed by atoms with Crippen LogP contribution in [0.3, 0.4) is 0 Å². The highest BCUT2D eigenvalue weighted by Crippen LogP contribution is 2.40. The maximum Gasteiger partial charge on any atom is 0.353 e. The van der Waals surface area contributed by atoms with Gasteiger partial charge < -0.3 is 19.3 Å². The molecule has 1 fully saturated rings. The van der Waals surface area contributed by atoms with Crippen LogP contribution in [0.4, 0.5) is 23.0 Å². The Balaban J connectivity index is 1.25. The second-order valence-corrected chi connectivity index (χ2v) is 9.32. The smallest absolute Gasteiger partial charge is 0.353 e. The molecular weight excluding hydrogens is 484 g/mol. The normalized spacial score (nSPS) is 15.1. The number of aromatic nitrogens is 2. The number of nitrogens with zero attached hydrogens (tertiary/aromatic N) is 6. The van der Waals surface area contributed by atoms with Crippen LogP contribution in [0.1, 0.15) is 12.5 Å². The summed E-state index contributed by atoms with van der Waals surface area (Å²) >= 11 is 0. The third-order valence-corrected chi connectivity index (χ3v) is 7.11. The predicted molar refractivity (Wildman–Crippen MR) is 145 cm³/mol. The third-order valence-electron chi connectivity index (χ3n) is 7.11. The fourth-order valence-electron chi connectivity index (χ4n) is 5.25. The maximum absolute atomic E-state index is 12.4. The van der Waals surface area contributed by atoms with Gasteiger partial charge in [0.2, 0.25) is 18.4 Å². The first-order valence-corrected chi connectivity index (χ1v) is 12.7. The van der Waals surface area contributed by atoms with E-state index in [0.717, 1.165) is 53.2 Å². The van der Waals surface area contributed by atoms with E-state index in [4.69, 9.17) is 9.47 Å². The van der Waals surface area contributed by atoms with Crippen LogP contribution in [0.15, 0.2) is 67.0 Å². The van der Waals surface area contributed by atoms with E-state index in [1.165, 1.54) is 6.33 Å². The average molecular weight is 513 g/mol. The third kappa shape index (κ3) is 4.43. The van der Waals surface area contributed by atoms with E-state index in [-0.39, 0.29) is 17.4 Å². The van der Waals surface area contributed by atoms with Crippen LogP contribution in [0.25, 0.3) is 10.8 Å². The summed E-state index contributed by atoms with van der Waals surface area (Å²) in [5.41, 5.74) is 1.96. The van der Waals surface area contributed by atoms with Crippen molar-refractivity contribution in [3.05, 3.63) is 82.7 Å². The zero-order chi connectivity index (χ0) is 26.1. The summed E-state index contributed by atoms with van der Waals surface area (Å²) in [5, 5.41) is 14.5. The van der Waals surface area contributed by atoms with Gasteiger partial charge in [-0.2, -0.15) is 0 Å². The number of benzene rings is 3. The Hall–Kier alpha value is -4.44. The molecule has 3 aromatic carbocycles. The summed E-state index contributed by atoms with van der Waals surface area (Å²) in [4.78, 5) is 27.1. The molecule has 38 heavy (non-hydrogen) atoms. The highest BCUT2D eigenvalue weighted by Gasteiger charge is 2.32. The van der Waals surface area contributed by atoms with Gasteiger partial charge in [-0.3, -0.25) is 15.0 Å². The molecule has 1 saturated heterocycles. The Morgan fingerprint density at radius 2 is 1.76 bits per heavy atom. The SMILES string of the molecule is CCN(c1ncnc(N2CCN(Cc3ccc4c(c3)OCO4)CC2)c1[N+](=O)[O-])c1cccc2ccccc12. The lowest BCUT2D eigenvalue weighted by atomic mass is 10.1. The van der Waals surface area contributed by atoms with E-state index in [0.29, 0.717) is 31.3 Å². The lowest BCUT2D eigenvalue weighted by Crippen LogP contribution is -2.46. The standard InChI is InChI=1S/C28H28N6O4/c1-2-33(23-9-5-7-21-6-3-4-8-22(21)23)28-26(34(35)36)27(29-18-30-28)32-14-12-31(13-15-32)17-20-10-11-24-25(16-20)38-19-37-24/h3-11,16,18H,2,12-15,17,19H2,1H3. The number of hydrogen-bond donors (Lipinski definition) is 0.